The summed E-state index contributed by atoms with van der Waals surface area (Å²) in [5.41, 5.74) is 3.06. The van der Waals surface area contributed by atoms with E-state index in [4.69, 9.17) is 9.47 Å². The number of amides is 1. The third-order valence-electron chi connectivity index (χ3n) is 5.05. The Morgan fingerprint density at radius 1 is 1.06 bits per heavy atom. The molecule has 7 heteroatoms. The van der Waals surface area contributed by atoms with E-state index < -0.39 is 0 Å². The summed E-state index contributed by atoms with van der Waals surface area (Å²) in [5.74, 6) is 1.29. The van der Waals surface area contributed by atoms with Crippen molar-refractivity contribution >= 4 is 27.5 Å². The van der Waals surface area contributed by atoms with Crippen LogP contribution >= 0.6 is 15.9 Å². The molecule has 0 saturated heterocycles. The van der Waals surface area contributed by atoms with Crippen LogP contribution in [0.3, 0.4) is 0 Å². The Kier molecular flexibility index (Phi) is 6.56. The molecule has 0 saturated carbocycles. The van der Waals surface area contributed by atoms with Gasteiger partial charge in [0.1, 0.15) is 18.1 Å². The molecule has 0 bridgehead atoms. The monoisotopic (exact) mass is 491 g/mol. The minimum absolute atomic E-state index is 0.121. The van der Waals surface area contributed by atoms with Gasteiger partial charge in [0.05, 0.1) is 12.8 Å². The van der Waals surface area contributed by atoms with Crippen LogP contribution in [0.25, 0.3) is 5.69 Å². The first-order valence-corrected chi connectivity index (χ1v) is 10.8. The Labute approximate surface area is 195 Å². The number of anilines is 1. The molecule has 0 unspecified atom stereocenters. The molecule has 0 aliphatic rings. The molecule has 0 fully saturated rings. The van der Waals surface area contributed by atoms with Crippen molar-refractivity contribution in [2.75, 3.05) is 19.1 Å². The quantitative estimate of drug-likeness (QED) is 0.342. The minimum Gasteiger partial charge on any atom is -0.496 e. The fourth-order valence-corrected chi connectivity index (χ4v) is 3.54. The average molecular weight is 492 g/mol. The molecule has 1 aromatic heterocycles. The van der Waals surface area contributed by atoms with Crippen LogP contribution in [-0.4, -0.2) is 29.8 Å². The zero-order chi connectivity index (χ0) is 22.5. The highest BCUT2D eigenvalue weighted by atomic mass is 79.9. The van der Waals surface area contributed by atoms with E-state index in [0.717, 1.165) is 27.2 Å². The summed E-state index contributed by atoms with van der Waals surface area (Å²) in [6.45, 7) is 0.286. The lowest BCUT2D eigenvalue weighted by atomic mass is 10.1. The molecule has 3 aromatic carbocycles. The standard InChI is InChI=1S/C25H22BrN3O3/c1-28(21-7-9-22(10-8-21)29-15-3-14-27-29)25(30)18-4-13-24(31-2)19(16-18)17-32-23-11-5-20(26)6-12-23/h3-16H,17H2,1-2H3. The first-order chi connectivity index (χ1) is 15.5. The van der Waals surface area contributed by atoms with Gasteiger partial charge in [-0.2, -0.15) is 5.10 Å². The van der Waals surface area contributed by atoms with Gasteiger partial charge in [0, 0.05) is 40.7 Å². The number of methoxy groups -OCH3 is 1. The van der Waals surface area contributed by atoms with Crippen LogP contribution in [0.1, 0.15) is 15.9 Å². The van der Waals surface area contributed by atoms with Crippen LogP contribution in [0.4, 0.5) is 5.69 Å². The van der Waals surface area contributed by atoms with Crippen molar-refractivity contribution < 1.29 is 14.3 Å². The van der Waals surface area contributed by atoms with Gasteiger partial charge in [0.2, 0.25) is 0 Å². The van der Waals surface area contributed by atoms with Crippen LogP contribution < -0.4 is 14.4 Å². The number of nitrogens with zero attached hydrogens (tertiary/aromatic N) is 3. The van der Waals surface area contributed by atoms with E-state index in [1.165, 1.54) is 0 Å². The normalized spacial score (nSPS) is 10.6. The summed E-state index contributed by atoms with van der Waals surface area (Å²) >= 11 is 3.41. The third kappa shape index (κ3) is 4.84. The Hall–Kier alpha value is -3.58. The second-order valence-corrected chi connectivity index (χ2v) is 8.02. The van der Waals surface area contributed by atoms with E-state index in [9.17, 15) is 4.79 Å². The van der Waals surface area contributed by atoms with Crippen LogP contribution in [0, 0.1) is 0 Å². The number of hydrogen-bond donors (Lipinski definition) is 0. The van der Waals surface area contributed by atoms with Crippen LogP contribution in [-0.2, 0) is 6.61 Å². The Morgan fingerprint density at radius 2 is 1.81 bits per heavy atom. The van der Waals surface area contributed by atoms with Gasteiger partial charge < -0.3 is 14.4 Å². The first-order valence-electron chi connectivity index (χ1n) is 9.98. The highest BCUT2D eigenvalue weighted by molar-refractivity contribution is 9.10. The number of rotatable bonds is 7. The van der Waals surface area contributed by atoms with E-state index >= 15 is 0 Å². The summed E-state index contributed by atoms with van der Waals surface area (Å²) in [6.07, 6.45) is 3.60. The average Bonchev–Trinajstić information content (AvgIpc) is 3.38. The Bertz CT molecular complexity index is 1190. The molecule has 1 amide bonds. The largest absolute Gasteiger partial charge is 0.496 e. The van der Waals surface area contributed by atoms with Gasteiger partial charge in [-0.3, -0.25) is 4.79 Å². The highest BCUT2D eigenvalue weighted by Crippen LogP contribution is 2.25. The fourth-order valence-electron chi connectivity index (χ4n) is 3.28. The predicted molar refractivity (Wildman–Crippen MR) is 128 cm³/mol. The molecular weight excluding hydrogens is 470 g/mol. The molecule has 0 atom stereocenters. The SMILES string of the molecule is COc1ccc(C(=O)N(C)c2ccc(-n3cccn3)cc2)cc1COc1ccc(Br)cc1. The summed E-state index contributed by atoms with van der Waals surface area (Å²) in [5, 5.41) is 4.22. The molecule has 0 N–H and O–H groups in total. The lowest BCUT2D eigenvalue weighted by Crippen LogP contribution is -2.26. The van der Waals surface area contributed by atoms with Gasteiger partial charge in [-0.05, 0) is 72.8 Å². The van der Waals surface area contributed by atoms with Gasteiger partial charge in [0.15, 0.2) is 0 Å². The van der Waals surface area contributed by atoms with Gasteiger partial charge >= 0.3 is 0 Å². The van der Waals surface area contributed by atoms with E-state index in [0.29, 0.717) is 11.3 Å². The van der Waals surface area contributed by atoms with Crippen molar-refractivity contribution in [2.45, 2.75) is 6.61 Å². The third-order valence-corrected chi connectivity index (χ3v) is 5.57. The summed E-state index contributed by atoms with van der Waals surface area (Å²) in [6, 6.07) is 22.5. The van der Waals surface area contributed by atoms with Gasteiger partial charge in [-0.25, -0.2) is 4.68 Å². The zero-order valence-electron chi connectivity index (χ0n) is 17.7. The molecule has 4 rings (SSSR count). The maximum absolute atomic E-state index is 13.1. The Balaban J connectivity index is 1.51. The van der Waals surface area contributed by atoms with Crippen molar-refractivity contribution in [3.05, 3.63) is 101 Å². The van der Waals surface area contributed by atoms with E-state index in [1.807, 2.05) is 66.9 Å². The number of aromatic nitrogens is 2. The molecule has 0 aliphatic carbocycles. The van der Waals surface area contributed by atoms with Gasteiger partial charge in [0.25, 0.3) is 5.91 Å². The number of carbonyl (C=O) groups is 1. The number of benzene rings is 3. The first kappa shape index (κ1) is 21.6. The lowest BCUT2D eigenvalue weighted by Gasteiger charge is -2.19. The van der Waals surface area contributed by atoms with E-state index in [1.54, 1.807) is 42.1 Å². The smallest absolute Gasteiger partial charge is 0.258 e. The number of ether oxygens (including phenoxy) is 2. The van der Waals surface area contributed by atoms with Crippen molar-refractivity contribution in [2.24, 2.45) is 0 Å². The van der Waals surface area contributed by atoms with Crippen LogP contribution in [0.2, 0.25) is 0 Å². The second-order valence-electron chi connectivity index (χ2n) is 7.10. The maximum atomic E-state index is 13.1. The summed E-state index contributed by atoms with van der Waals surface area (Å²) < 4.78 is 14.1. The van der Waals surface area contributed by atoms with Crippen LogP contribution in [0.5, 0.6) is 11.5 Å². The van der Waals surface area contributed by atoms with Crippen molar-refractivity contribution in [3.8, 4) is 17.2 Å². The molecular formula is C25H22BrN3O3. The minimum atomic E-state index is -0.121. The lowest BCUT2D eigenvalue weighted by molar-refractivity contribution is 0.0993. The zero-order valence-corrected chi connectivity index (χ0v) is 19.3. The van der Waals surface area contributed by atoms with Crippen molar-refractivity contribution in [1.29, 1.82) is 0 Å². The van der Waals surface area contributed by atoms with Gasteiger partial charge in [-0.1, -0.05) is 15.9 Å². The summed E-state index contributed by atoms with van der Waals surface area (Å²) in [7, 11) is 3.36. The predicted octanol–water partition coefficient (Wildman–Crippen LogP) is 5.50. The molecule has 0 aliphatic heterocycles. The van der Waals surface area contributed by atoms with Gasteiger partial charge in [-0.15, -0.1) is 0 Å². The summed E-state index contributed by atoms with van der Waals surface area (Å²) in [4.78, 5) is 14.8. The molecule has 6 nitrogen and oxygen atoms in total. The molecule has 0 spiro atoms. The molecule has 1 heterocycles. The number of carbonyl (C=O) groups excluding carboxylic acids is 1. The van der Waals surface area contributed by atoms with Crippen molar-refractivity contribution in [3.63, 3.8) is 0 Å². The fraction of sp³-hybridized carbons (Fsp3) is 0.120. The number of halogens is 1. The number of hydrogen-bond acceptors (Lipinski definition) is 4. The second kappa shape index (κ2) is 9.70. The van der Waals surface area contributed by atoms with Crippen molar-refractivity contribution in [1.82, 2.24) is 9.78 Å². The van der Waals surface area contributed by atoms with E-state index in [-0.39, 0.29) is 12.5 Å². The topological polar surface area (TPSA) is 56.6 Å². The molecule has 162 valence electrons. The Morgan fingerprint density at radius 3 is 2.47 bits per heavy atom. The molecule has 0 radical (unpaired) electrons. The highest BCUT2D eigenvalue weighted by Gasteiger charge is 2.16. The molecule has 4 aromatic rings. The molecule has 32 heavy (non-hydrogen) atoms. The van der Waals surface area contributed by atoms with Crippen LogP contribution in [0.15, 0.2) is 89.7 Å². The maximum Gasteiger partial charge on any atom is 0.258 e. The van der Waals surface area contributed by atoms with E-state index in [2.05, 4.69) is 21.0 Å².